The lowest BCUT2D eigenvalue weighted by Gasteiger charge is -2.39. The fourth-order valence-corrected chi connectivity index (χ4v) is 3.93. The van der Waals surface area contributed by atoms with Gasteiger partial charge in [0.05, 0.1) is 6.04 Å². The van der Waals surface area contributed by atoms with Crippen LogP contribution in [0.1, 0.15) is 22.9 Å². The molecule has 2 aromatic carbocycles. The molecule has 0 spiro atoms. The smallest absolute Gasteiger partial charge is 0.174 e. The minimum absolute atomic E-state index is 0.0695. The van der Waals surface area contributed by atoms with Crippen molar-refractivity contribution in [1.82, 2.24) is 9.47 Å². The quantitative estimate of drug-likeness (QED) is 0.612. The van der Waals surface area contributed by atoms with E-state index in [0.29, 0.717) is 0 Å². The highest BCUT2D eigenvalue weighted by Gasteiger charge is 2.30. The van der Waals surface area contributed by atoms with Gasteiger partial charge in [-0.2, -0.15) is 0 Å². The van der Waals surface area contributed by atoms with Crippen LogP contribution in [0.4, 0.5) is 5.69 Å². The number of thiocarbonyl (C=S) groups is 1. The van der Waals surface area contributed by atoms with Gasteiger partial charge in [-0.1, -0.05) is 41.9 Å². The number of hydrogen-bond acceptors (Lipinski definition) is 1. The average molecular weight is 382 g/mol. The molecule has 4 rings (SSSR count). The van der Waals surface area contributed by atoms with Gasteiger partial charge < -0.3 is 14.8 Å². The van der Waals surface area contributed by atoms with E-state index in [2.05, 4.69) is 64.3 Å². The van der Waals surface area contributed by atoms with Crippen LogP contribution in [0.5, 0.6) is 0 Å². The van der Waals surface area contributed by atoms with Crippen molar-refractivity contribution in [2.75, 3.05) is 11.9 Å². The van der Waals surface area contributed by atoms with Crippen molar-refractivity contribution in [3.8, 4) is 0 Å². The lowest BCUT2D eigenvalue weighted by Crippen LogP contribution is -2.44. The van der Waals surface area contributed by atoms with Crippen molar-refractivity contribution in [3.05, 3.63) is 88.7 Å². The van der Waals surface area contributed by atoms with Crippen LogP contribution in [0, 0.1) is 6.92 Å². The Morgan fingerprint density at radius 3 is 2.58 bits per heavy atom. The van der Waals surface area contributed by atoms with E-state index in [0.717, 1.165) is 28.9 Å². The number of benzene rings is 2. The first-order chi connectivity index (χ1) is 12.6. The summed E-state index contributed by atoms with van der Waals surface area (Å²) in [5.41, 5.74) is 4.65. The maximum Gasteiger partial charge on any atom is 0.174 e. The Hall–Kier alpha value is -2.30. The number of halogens is 1. The second kappa shape index (κ2) is 7.14. The van der Waals surface area contributed by atoms with Crippen LogP contribution in [0.25, 0.3) is 0 Å². The number of aromatic nitrogens is 1. The molecule has 1 N–H and O–H groups in total. The van der Waals surface area contributed by atoms with Gasteiger partial charge in [0.2, 0.25) is 0 Å². The summed E-state index contributed by atoms with van der Waals surface area (Å²) in [4.78, 5) is 2.26. The topological polar surface area (TPSA) is 20.2 Å². The van der Waals surface area contributed by atoms with E-state index in [-0.39, 0.29) is 6.04 Å². The molecular weight excluding hydrogens is 362 g/mol. The van der Waals surface area contributed by atoms with Crippen LogP contribution in [0.3, 0.4) is 0 Å². The van der Waals surface area contributed by atoms with Gasteiger partial charge in [-0.15, -0.1) is 0 Å². The van der Waals surface area contributed by atoms with Gasteiger partial charge in [-0.05, 0) is 60.6 Å². The van der Waals surface area contributed by atoms with Crippen LogP contribution in [0.2, 0.25) is 5.02 Å². The van der Waals surface area contributed by atoms with Crippen molar-refractivity contribution in [2.45, 2.75) is 19.5 Å². The number of aryl methyl sites for hydroxylation is 1. The lowest BCUT2D eigenvalue weighted by atomic mass is 10.0. The van der Waals surface area contributed by atoms with Crippen LogP contribution >= 0.6 is 23.8 Å². The molecule has 132 valence electrons. The number of para-hydroxylation sites is 1. The van der Waals surface area contributed by atoms with Gasteiger partial charge >= 0.3 is 0 Å². The zero-order chi connectivity index (χ0) is 18.1. The standard InChI is InChI=1S/C21H20ClN3S/c1-15-5-2-3-6-18(15)23-21(26)25-14-13-24-12-4-7-19(24)20(25)16-8-10-17(22)11-9-16/h2-12,20H,13-14H2,1H3,(H,23,26)/t20-/m1/s1. The van der Waals surface area contributed by atoms with Crippen LogP contribution < -0.4 is 5.32 Å². The van der Waals surface area contributed by atoms with E-state index in [9.17, 15) is 0 Å². The monoisotopic (exact) mass is 381 g/mol. The second-order valence-corrected chi connectivity index (χ2v) is 7.34. The Morgan fingerprint density at radius 1 is 1.04 bits per heavy atom. The maximum atomic E-state index is 6.10. The minimum atomic E-state index is 0.0695. The molecule has 1 aliphatic rings. The van der Waals surface area contributed by atoms with Crippen molar-refractivity contribution in [1.29, 1.82) is 0 Å². The minimum Gasteiger partial charge on any atom is -0.348 e. The van der Waals surface area contributed by atoms with E-state index in [1.165, 1.54) is 16.8 Å². The summed E-state index contributed by atoms with van der Waals surface area (Å²) in [5, 5.41) is 4.92. The molecule has 0 saturated heterocycles. The van der Waals surface area contributed by atoms with Gasteiger partial charge in [0.1, 0.15) is 0 Å². The summed E-state index contributed by atoms with van der Waals surface area (Å²) in [7, 11) is 0. The van der Waals surface area contributed by atoms with Crippen LogP contribution in [-0.4, -0.2) is 21.1 Å². The Labute approximate surface area is 164 Å². The summed E-state index contributed by atoms with van der Waals surface area (Å²) in [6.07, 6.45) is 2.13. The van der Waals surface area contributed by atoms with E-state index in [1.54, 1.807) is 0 Å². The third kappa shape index (κ3) is 3.22. The molecule has 0 aliphatic carbocycles. The molecule has 1 atom stereocenters. The second-order valence-electron chi connectivity index (χ2n) is 6.52. The summed E-state index contributed by atoms with van der Waals surface area (Å²) in [5.74, 6) is 0. The Balaban J connectivity index is 1.68. The molecule has 0 radical (unpaired) electrons. The number of anilines is 1. The largest absolute Gasteiger partial charge is 0.348 e. The highest BCUT2D eigenvalue weighted by molar-refractivity contribution is 7.80. The van der Waals surface area contributed by atoms with Crippen molar-refractivity contribution < 1.29 is 0 Å². The van der Waals surface area contributed by atoms with E-state index < -0.39 is 0 Å². The highest BCUT2D eigenvalue weighted by atomic mass is 35.5. The van der Waals surface area contributed by atoms with Gasteiger partial charge in [0, 0.05) is 35.7 Å². The van der Waals surface area contributed by atoms with Crippen molar-refractivity contribution >= 4 is 34.6 Å². The first-order valence-corrected chi connectivity index (χ1v) is 9.46. The van der Waals surface area contributed by atoms with Gasteiger partial charge in [-0.3, -0.25) is 0 Å². The molecule has 3 nitrogen and oxygen atoms in total. The molecular formula is C21H20ClN3S. The van der Waals surface area contributed by atoms with E-state index in [4.69, 9.17) is 23.8 Å². The van der Waals surface area contributed by atoms with Crippen molar-refractivity contribution in [2.24, 2.45) is 0 Å². The summed E-state index contributed by atoms with van der Waals surface area (Å²) in [6.45, 7) is 3.86. The normalized spacial score (nSPS) is 16.2. The Kier molecular flexibility index (Phi) is 4.70. The Bertz CT molecular complexity index is 932. The van der Waals surface area contributed by atoms with Gasteiger partial charge in [0.15, 0.2) is 5.11 Å². The zero-order valence-electron chi connectivity index (χ0n) is 14.5. The maximum absolute atomic E-state index is 6.10. The number of nitrogens with zero attached hydrogens (tertiary/aromatic N) is 2. The Morgan fingerprint density at radius 2 is 1.81 bits per heavy atom. The summed E-state index contributed by atoms with van der Waals surface area (Å²) in [6, 6.07) is 20.6. The van der Waals surface area contributed by atoms with Crippen LogP contribution in [0.15, 0.2) is 66.9 Å². The number of nitrogens with one attached hydrogen (secondary N) is 1. The van der Waals surface area contributed by atoms with Gasteiger partial charge in [-0.25, -0.2) is 0 Å². The predicted molar refractivity (Wildman–Crippen MR) is 112 cm³/mol. The molecule has 0 saturated carbocycles. The fraction of sp³-hybridized carbons (Fsp3) is 0.190. The molecule has 0 unspecified atom stereocenters. The molecule has 3 aromatic rings. The highest BCUT2D eigenvalue weighted by Crippen LogP contribution is 2.33. The molecule has 1 aromatic heterocycles. The SMILES string of the molecule is Cc1ccccc1NC(=S)N1CCn2cccc2[C@H]1c1ccc(Cl)cc1. The first kappa shape index (κ1) is 17.1. The zero-order valence-corrected chi connectivity index (χ0v) is 16.1. The fourth-order valence-electron chi connectivity index (χ4n) is 3.50. The lowest BCUT2D eigenvalue weighted by molar-refractivity contribution is 0.293. The van der Waals surface area contributed by atoms with Gasteiger partial charge in [0.25, 0.3) is 0 Å². The summed E-state index contributed by atoms with van der Waals surface area (Å²) >= 11 is 11.9. The number of rotatable bonds is 2. The molecule has 0 amide bonds. The molecule has 0 bridgehead atoms. The average Bonchev–Trinajstić information content (AvgIpc) is 3.12. The number of hydrogen-bond donors (Lipinski definition) is 1. The molecule has 2 heterocycles. The molecule has 26 heavy (non-hydrogen) atoms. The molecule has 0 fully saturated rings. The molecule has 1 aliphatic heterocycles. The van der Waals surface area contributed by atoms with E-state index in [1.807, 2.05) is 24.3 Å². The summed E-state index contributed by atoms with van der Waals surface area (Å²) < 4.78 is 2.30. The third-order valence-electron chi connectivity index (χ3n) is 4.87. The third-order valence-corrected chi connectivity index (χ3v) is 5.46. The number of fused-ring (bicyclic) bond motifs is 1. The molecule has 5 heteroatoms. The van der Waals surface area contributed by atoms with Crippen LogP contribution in [-0.2, 0) is 6.54 Å². The predicted octanol–water partition coefficient (Wildman–Crippen LogP) is 5.25. The first-order valence-electron chi connectivity index (χ1n) is 8.67. The van der Waals surface area contributed by atoms with E-state index >= 15 is 0 Å². The van der Waals surface area contributed by atoms with Crippen molar-refractivity contribution in [3.63, 3.8) is 0 Å².